The fourth-order valence-corrected chi connectivity index (χ4v) is 12.7. The average molecular weight is 726 g/mol. The van der Waals surface area contributed by atoms with Gasteiger partial charge < -0.3 is 14.7 Å². The highest BCUT2D eigenvalue weighted by Gasteiger charge is 2.65. The maximum atomic E-state index is 2.94. The van der Waals surface area contributed by atoms with Gasteiger partial charge >= 0.3 is 0 Å². The van der Waals surface area contributed by atoms with E-state index in [9.17, 15) is 0 Å². The summed E-state index contributed by atoms with van der Waals surface area (Å²) < 4.78 is 0. The smallest absolute Gasteiger partial charge is 0.248 e. The third kappa shape index (κ3) is 3.73. The van der Waals surface area contributed by atoms with Crippen LogP contribution in [-0.2, 0) is 16.2 Å². The van der Waals surface area contributed by atoms with Crippen molar-refractivity contribution in [2.45, 2.75) is 89.0 Å². The second-order valence-electron chi connectivity index (χ2n) is 18.8. The van der Waals surface area contributed by atoms with Crippen LogP contribution < -0.4 is 25.6 Å². The number of fused-ring (bicyclic) bond motifs is 12. The Kier molecular flexibility index (Phi) is 6.24. The van der Waals surface area contributed by atoms with E-state index < -0.39 is 0 Å². The molecule has 4 heterocycles. The third-order valence-corrected chi connectivity index (χ3v) is 15.6. The summed E-state index contributed by atoms with van der Waals surface area (Å²) in [6.07, 6.45) is 4.98. The van der Waals surface area contributed by atoms with Crippen molar-refractivity contribution in [3.05, 3.63) is 167 Å². The highest BCUT2D eigenvalue weighted by molar-refractivity contribution is 6.96. The molecule has 0 amide bonds. The van der Waals surface area contributed by atoms with Crippen LogP contribution in [0.4, 0.5) is 39.8 Å². The molecule has 1 saturated carbocycles. The Morgan fingerprint density at radius 3 is 1.91 bits per heavy atom. The lowest BCUT2D eigenvalue weighted by molar-refractivity contribution is 0.195. The summed E-state index contributed by atoms with van der Waals surface area (Å²) in [6.45, 7) is 15.4. The van der Waals surface area contributed by atoms with Crippen molar-refractivity contribution >= 4 is 63.1 Å². The predicted octanol–water partition coefficient (Wildman–Crippen LogP) is 11.9. The lowest BCUT2D eigenvalue weighted by Gasteiger charge is -2.53. The van der Waals surface area contributed by atoms with Gasteiger partial charge in [-0.25, -0.2) is 0 Å². The molecule has 4 heteroatoms. The number of anilines is 7. The molecule has 0 saturated heterocycles. The Bertz CT molecular complexity index is 2670. The van der Waals surface area contributed by atoms with E-state index in [-0.39, 0.29) is 28.5 Å². The van der Waals surface area contributed by atoms with Gasteiger partial charge in [0.1, 0.15) is 0 Å². The molecule has 1 fully saturated rings. The Morgan fingerprint density at radius 1 is 0.536 bits per heavy atom. The Balaban J connectivity index is 1.23. The molecule has 274 valence electrons. The van der Waals surface area contributed by atoms with E-state index in [0.717, 1.165) is 11.4 Å². The van der Waals surface area contributed by atoms with Gasteiger partial charge in [0.25, 0.3) is 0 Å². The monoisotopic (exact) mass is 725 g/mol. The molecule has 0 bridgehead atoms. The first-order chi connectivity index (χ1) is 27.1. The first-order valence-electron chi connectivity index (χ1n) is 20.9. The highest BCUT2D eigenvalue weighted by atomic mass is 15.3. The molecule has 6 aromatic carbocycles. The molecule has 56 heavy (non-hydrogen) atoms. The average Bonchev–Trinajstić information content (AvgIpc) is 3.58. The van der Waals surface area contributed by atoms with Crippen LogP contribution in [0.25, 0.3) is 5.70 Å². The molecule has 0 aromatic heterocycles. The molecule has 12 rings (SSSR count). The summed E-state index contributed by atoms with van der Waals surface area (Å²) in [7, 11) is 0. The fraction of sp³-hybridized carbons (Fsp3) is 0.269. The summed E-state index contributed by atoms with van der Waals surface area (Å²) >= 11 is 0. The van der Waals surface area contributed by atoms with Gasteiger partial charge in [0.2, 0.25) is 6.71 Å². The molecular weight excluding hydrogens is 677 g/mol. The minimum Gasteiger partial charge on any atom is -0.335 e. The Morgan fingerprint density at radius 2 is 1.18 bits per heavy atom. The number of allylic oxidation sites excluding steroid dienone is 1. The third-order valence-electron chi connectivity index (χ3n) is 15.6. The van der Waals surface area contributed by atoms with E-state index in [2.05, 4.69) is 190 Å². The van der Waals surface area contributed by atoms with Crippen molar-refractivity contribution in [3.63, 3.8) is 0 Å². The summed E-state index contributed by atoms with van der Waals surface area (Å²) in [4.78, 5) is 8.06. The minimum absolute atomic E-state index is 0.0229. The van der Waals surface area contributed by atoms with Crippen LogP contribution in [0.15, 0.2) is 139 Å². The van der Waals surface area contributed by atoms with Gasteiger partial charge in [-0.2, -0.15) is 0 Å². The second-order valence-corrected chi connectivity index (χ2v) is 18.8. The molecule has 0 radical (unpaired) electrons. The van der Waals surface area contributed by atoms with Crippen LogP contribution in [-0.4, -0.2) is 12.3 Å². The maximum Gasteiger partial charge on any atom is 0.248 e. The van der Waals surface area contributed by atoms with Crippen molar-refractivity contribution in [2.75, 3.05) is 14.7 Å². The van der Waals surface area contributed by atoms with Gasteiger partial charge in [-0.1, -0.05) is 144 Å². The van der Waals surface area contributed by atoms with Crippen LogP contribution >= 0.6 is 0 Å². The van der Waals surface area contributed by atoms with Crippen molar-refractivity contribution in [1.29, 1.82) is 0 Å². The van der Waals surface area contributed by atoms with Gasteiger partial charge in [0.05, 0.1) is 11.2 Å². The van der Waals surface area contributed by atoms with Crippen LogP contribution in [0.2, 0.25) is 0 Å². The van der Waals surface area contributed by atoms with Crippen molar-refractivity contribution in [2.24, 2.45) is 0 Å². The van der Waals surface area contributed by atoms with Gasteiger partial charge in [-0.3, -0.25) is 0 Å². The number of para-hydroxylation sites is 3. The molecule has 0 N–H and O–H groups in total. The standard InChI is InChI=1S/C52H48BN3/c1-49(2)38-25-15-16-26-42(38)55-43-31-35(54(33-19-9-7-10-20-33)34-21-11-8-12-22-34)27-28-41(43)53-44-46(55)39(49)32-40-47(44)56(52(6)30-18-17-29-51(40,52)5)45-36-23-13-14-24-37(36)50(3,4)48(45)53/h7-16,19-28,31-32H,17-18,29-30H2,1-6H3. The number of benzene rings is 6. The summed E-state index contributed by atoms with van der Waals surface area (Å²) in [6, 6.07) is 50.5. The maximum absolute atomic E-state index is 2.94. The lowest BCUT2D eigenvalue weighted by Crippen LogP contribution is -2.62. The molecule has 3 nitrogen and oxygen atoms in total. The van der Waals surface area contributed by atoms with Gasteiger partial charge in [0, 0.05) is 61.6 Å². The second kappa shape index (κ2) is 10.7. The Hall–Kier alpha value is -5.48. The normalized spacial score (nSPS) is 23.5. The molecule has 2 atom stereocenters. The predicted molar refractivity (Wildman–Crippen MR) is 236 cm³/mol. The van der Waals surface area contributed by atoms with E-state index in [1.54, 1.807) is 16.5 Å². The molecule has 4 aliphatic heterocycles. The highest BCUT2D eigenvalue weighted by Crippen LogP contribution is 2.67. The summed E-state index contributed by atoms with van der Waals surface area (Å²) in [5, 5.41) is 0. The molecule has 2 aliphatic carbocycles. The van der Waals surface area contributed by atoms with Gasteiger partial charge in [0.15, 0.2) is 0 Å². The molecule has 2 unspecified atom stereocenters. The van der Waals surface area contributed by atoms with Crippen molar-refractivity contribution < 1.29 is 0 Å². The van der Waals surface area contributed by atoms with Gasteiger partial charge in [-0.15, -0.1) is 0 Å². The van der Waals surface area contributed by atoms with E-state index in [1.165, 1.54) is 87.5 Å². The zero-order chi connectivity index (χ0) is 37.9. The summed E-state index contributed by atoms with van der Waals surface area (Å²) in [5.74, 6) is 0. The molecular formula is C52H48BN3. The molecule has 6 aromatic rings. The van der Waals surface area contributed by atoms with Crippen molar-refractivity contribution in [1.82, 2.24) is 0 Å². The van der Waals surface area contributed by atoms with E-state index >= 15 is 0 Å². The SMILES string of the molecule is CC1(C)C2=C(c3ccccc31)N1c3c(cc4c5c3B2c2ccc(N(c3ccccc3)c3ccccc3)cc2N5c2ccccc2C4(C)C)C2(C)CCCCC12C. The van der Waals surface area contributed by atoms with Crippen LogP contribution in [0.1, 0.15) is 95.0 Å². The largest absolute Gasteiger partial charge is 0.335 e. The van der Waals surface area contributed by atoms with Crippen LogP contribution in [0, 0.1) is 0 Å². The quantitative estimate of drug-likeness (QED) is 0.168. The zero-order valence-electron chi connectivity index (χ0n) is 33.4. The number of hydrogen-bond donors (Lipinski definition) is 0. The first-order valence-corrected chi connectivity index (χ1v) is 20.9. The minimum atomic E-state index is -0.175. The lowest BCUT2D eigenvalue weighted by atomic mass is 9.30. The van der Waals surface area contributed by atoms with E-state index in [1.807, 2.05) is 0 Å². The number of hydrogen-bond acceptors (Lipinski definition) is 3. The van der Waals surface area contributed by atoms with E-state index in [4.69, 9.17) is 0 Å². The van der Waals surface area contributed by atoms with Gasteiger partial charge in [-0.05, 0) is 95.4 Å². The Labute approximate surface area is 332 Å². The summed E-state index contributed by atoms with van der Waals surface area (Å²) in [5.41, 5.74) is 22.1. The zero-order valence-corrected chi connectivity index (χ0v) is 33.4. The van der Waals surface area contributed by atoms with E-state index in [0.29, 0.717) is 0 Å². The van der Waals surface area contributed by atoms with Crippen LogP contribution in [0.5, 0.6) is 0 Å². The fourth-order valence-electron chi connectivity index (χ4n) is 12.7. The number of rotatable bonds is 3. The van der Waals surface area contributed by atoms with Crippen LogP contribution in [0.3, 0.4) is 0 Å². The first kappa shape index (κ1) is 32.7. The van der Waals surface area contributed by atoms with Crippen molar-refractivity contribution in [3.8, 4) is 0 Å². The topological polar surface area (TPSA) is 9.72 Å². The molecule has 0 spiro atoms. The number of nitrogens with zero attached hydrogens (tertiary/aromatic N) is 3. The molecule has 6 aliphatic rings.